The number of hydrogen-bond acceptors (Lipinski definition) is 4. The minimum atomic E-state index is -0.848. The third kappa shape index (κ3) is 4.98. The first-order valence-corrected chi connectivity index (χ1v) is 11.1. The van der Waals surface area contributed by atoms with Gasteiger partial charge in [0.1, 0.15) is 17.9 Å². The number of carbonyl (C=O) groups excluding carboxylic acids is 3. The van der Waals surface area contributed by atoms with E-state index >= 15 is 0 Å². The van der Waals surface area contributed by atoms with Gasteiger partial charge in [-0.1, -0.05) is 59.1 Å². The van der Waals surface area contributed by atoms with Crippen LogP contribution >= 0.6 is 23.2 Å². The van der Waals surface area contributed by atoms with Crippen LogP contribution in [0.1, 0.15) is 22.3 Å². The third-order valence-corrected chi connectivity index (χ3v) is 5.77. The summed E-state index contributed by atoms with van der Waals surface area (Å²) in [6.07, 6.45) is 1.37. The number of benzene rings is 3. The Morgan fingerprint density at radius 1 is 0.912 bits per heavy atom. The van der Waals surface area contributed by atoms with Crippen molar-refractivity contribution < 1.29 is 19.1 Å². The fraction of sp³-hybridized carbons (Fsp3) is 0.115. The molecule has 4 rings (SSSR count). The number of carbonyl (C=O) groups is 3. The van der Waals surface area contributed by atoms with E-state index in [-0.39, 0.29) is 17.9 Å². The number of amides is 4. The highest BCUT2D eigenvalue weighted by molar-refractivity contribution is 6.40. The fourth-order valence-corrected chi connectivity index (χ4v) is 3.81. The molecule has 0 aromatic heterocycles. The van der Waals surface area contributed by atoms with Gasteiger partial charge in [-0.2, -0.15) is 0 Å². The topological polar surface area (TPSA) is 75.7 Å². The Balaban J connectivity index is 1.69. The number of aryl methyl sites for hydroxylation is 2. The number of imide groups is 2. The van der Waals surface area contributed by atoms with Crippen LogP contribution in [0.5, 0.6) is 5.75 Å². The average Bonchev–Trinajstić information content (AvgIpc) is 2.79. The maximum absolute atomic E-state index is 13.3. The van der Waals surface area contributed by atoms with Crippen LogP contribution in [0.15, 0.2) is 66.2 Å². The van der Waals surface area contributed by atoms with Crippen LogP contribution in [0.2, 0.25) is 10.0 Å². The average molecular weight is 495 g/mol. The number of nitrogens with one attached hydrogen (secondary N) is 1. The Bertz CT molecular complexity index is 1330. The third-order valence-electron chi connectivity index (χ3n) is 5.30. The van der Waals surface area contributed by atoms with Gasteiger partial charge in [-0.15, -0.1) is 0 Å². The molecule has 34 heavy (non-hydrogen) atoms. The molecule has 8 heteroatoms. The summed E-state index contributed by atoms with van der Waals surface area (Å²) in [5, 5.41) is 2.97. The number of nitrogens with zero attached hydrogens (tertiary/aromatic N) is 1. The Labute approximate surface area is 206 Å². The van der Waals surface area contributed by atoms with Gasteiger partial charge in [-0.3, -0.25) is 14.9 Å². The van der Waals surface area contributed by atoms with Crippen molar-refractivity contribution >= 4 is 52.8 Å². The van der Waals surface area contributed by atoms with E-state index in [0.717, 1.165) is 16.0 Å². The Morgan fingerprint density at radius 2 is 1.59 bits per heavy atom. The molecule has 172 valence electrons. The van der Waals surface area contributed by atoms with Crippen LogP contribution in [0, 0.1) is 13.8 Å². The van der Waals surface area contributed by atoms with Gasteiger partial charge in [0.25, 0.3) is 11.8 Å². The van der Waals surface area contributed by atoms with E-state index < -0.39 is 17.8 Å². The van der Waals surface area contributed by atoms with E-state index in [1.807, 2.05) is 31.2 Å². The zero-order valence-corrected chi connectivity index (χ0v) is 19.9. The van der Waals surface area contributed by atoms with Gasteiger partial charge >= 0.3 is 6.03 Å². The van der Waals surface area contributed by atoms with E-state index in [1.165, 1.54) is 12.1 Å². The quantitative estimate of drug-likeness (QED) is 0.356. The van der Waals surface area contributed by atoms with Crippen molar-refractivity contribution in [3.63, 3.8) is 0 Å². The van der Waals surface area contributed by atoms with E-state index in [9.17, 15) is 14.4 Å². The number of anilines is 1. The number of barbiturate groups is 1. The molecule has 1 aliphatic heterocycles. The normalized spacial score (nSPS) is 15.0. The van der Waals surface area contributed by atoms with E-state index in [2.05, 4.69) is 5.32 Å². The number of halogens is 2. The second kappa shape index (κ2) is 9.71. The molecule has 0 saturated carbocycles. The lowest BCUT2D eigenvalue weighted by molar-refractivity contribution is -0.122. The summed E-state index contributed by atoms with van der Waals surface area (Å²) < 4.78 is 5.95. The van der Waals surface area contributed by atoms with Crippen molar-refractivity contribution in [3.05, 3.63) is 98.5 Å². The highest BCUT2D eigenvalue weighted by Crippen LogP contribution is 2.30. The second-order valence-electron chi connectivity index (χ2n) is 7.85. The van der Waals surface area contributed by atoms with Crippen molar-refractivity contribution in [3.8, 4) is 5.75 Å². The molecule has 3 aromatic carbocycles. The lowest BCUT2D eigenvalue weighted by Crippen LogP contribution is -2.54. The predicted octanol–water partition coefficient (Wildman–Crippen LogP) is 5.86. The SMILES string of the molecule is Cc1ccc(COc2ccc(Cl)cc2/C=C2\C(=O)NC(=O)N(c3cc(Cl)ccc3C)C2=O)cc1. The molecule has 4 amide bonds. The first-order chi connectivity index (χ1) is 16.2. The van der Waals surface area contributed by atoms with Crippen molar-refractivity contribution in [2.24, 2.45) is 0 Å². The highest BCUT2D eigenvalue weighted by Gasteiger charge is 2.37. The monoisotopic (exact) mass is 494 g/mol. The first kappa shape index (κ1) is 23.5. The number of urea groups is 1. The number of hydrogen-bond donors (Lipinski definition) is 1. The van der Waals surface area contributed by atoms with E-state index in [1.54, 1.807) is 37.3 Å². The van der Waals surface area contributed by atoms with Gasteiger partial charge in [-0.05, 0) is 61.4 Å². The zero-order chi connectivity index (χ0) is 24.4. The molecule has 1 saturated heterocycles. The van der Waals surface area contributed by atoms with Crippen LogP contribution in [-0.2, 0) is 16.2 Å². The zero-order valence-electron chi connectivity index (χ0n) is 18.4. The summed E-state index contributed by atoms with van der Waals surface area (Å²) in [6, 6.07) is 16.8. The molecule has 1 N–H and O–H groups in total. The minimum Gasteiger partial charge on any atom is -0.488 e. The summed E-state index contributed by atoms with van der Waals surface area (Å²) >= 11 is 12.3. The summed E-state index contributed by atoms with van der Waals surface area (Å²) in [5.41, 5.74) is 3.22. The maximum Gasteiger partial charge on any atom is 0.335 e. The van der Waals surface area contributed by atoms with E-state index in [0.29, 0.717) is 26.9 Å². The maximum atomic E-state index is 13.3. The number of rotatable bonds is 5. The van der Waals surface area contributed by atoms with Crippen molar-refractivity contribution in [1.82, 2.24) is 5.32 Å². The summed E-state index contributed by atoms with van der Waals surface area (Å²) in [4.78, 5) is 39.3. The summed E-state index contributed by atoms with van der Waals surface area (Å²) in [6.45, 7) is 4.02. The summed E-state index contributed by atoms with van der Waals surface area (Å²) in [7, 11) is 0. The molecular weight excluding hydrogens is 475 g/mol. The lowest BCUT2D eigenvalue weighted by Gasteiger charge is -2.27. The fourth-order valence-electron chi connectivity index (χ4n) is 3.46. The van der Waals surface area contributed by atoms with Crippen LogP contribution in [0.25, 0.3) is 6.08 Å². The van der Waals surface area contributed by atoms with E-state index in [4.69, 9.17) is 27.9 Å². The Morgan fingerprint density at radius 3 is 2.32 bits per heavy atom. The van der Waals surface area contributed by atoms with Crippen molar-refractivity contribution in [2.45, 2.75) is 20.5 Å². The van der Waals surface area contributed by atoms with Gasteiger partial charge in [-0.25, -0.2) is 9.69 Å². The molecule has 1 aliphatic rings. The standard InChI is InChI=1S/C26H20Cl2N2O4/c1-15-3-6-17(7-4-15)14-34-23-10-9-19(27)11-18(23)12-21-24(31)29-26(33)30(25(21)32)22-13-20(28)8-5-16(22)2/h3-13H,14H2,1-2H3,(H,29,31,33)/b21-12+. The van der Waals surface area contributed by atoms with Gasteiger partial charge in [0.2, 0.25) is 0 Å². The van der Waals surface area contributed by atoms with Crippen molar-refractivity contribution in [1.29, 1.82) is 0 Å². The molecule has 1 heterocycles. The van der Waals surface area contributed by atoms with Crippen LogP contribution in [0.3, 0.4) is 0 Å². The van der Waals surface area contributed by atoms with Gasteiger partial charge in [0, 0.05) is 15.6 Å². The number of ether oxygens (including phenoxy) is 1. The van der Waals surface area contributed by atoms with Gasteiger partial charge in [0.05, 0.1) is 5.69 Å². The highest BCUT2D eigenvalue weighted by atomic mass is 35.5. The second-order valence-corrected chi connectivity index (χ2v) is 8.72. The molecule has 0 atom stereocenters. The van der Waals surface area contributed by atoms with Crippen molar-refractivity contribution in [2.75, 3.05) is 4.90 Å². The van der Waals surface area contributed by atoms with Gasteiger partial charge in [0.15, 0.2) is 0 Å². The predicted molar refractivity (Wildman–Crippen MR) is 132 cm³/mol. The van der Waals surface area contributed by atoms with Crippen LogP contribution in [-0.4, -0.2) is 17.8 Å². The Hall–Kier alpha value is -3.61. The molecule has 3 aromatic rings. The largest absolute Gasteiger partial charge is 0.488 e. The molecule has 6 nitrogen and oxygen atoms in total. The summed E-state index contributed by atoms with van der Waals surface area (Å²) in [5.74, 6) is -1.15. The first-order valence-electron chi connectivity index (χ1n) is 10.4. The molecule has 0 aliphatic carbocycles. The molecule has 0 bridgehead atoms. The molecule has 0 radical (unpaired) electrons. The molecule has 0 unspecified atom stereocenters. The Kier molecular flexibility index (Phi) is 6.72. The smallest absolute Gasteiger partial charge is 0.335 e. The van der Waals surface area contributed by atoms with Gasteiger partial charge < -0.3 is 4.74 Å². The molecular formula is C26H20Cl2N2O4. The molecule has 0 spiro atoms. The molecule has 1 fully saturated rings. The lowest BCUT2D eigenvalue weighted by atomic mass is 10.0. The minimum absolute atomic E-state index is 0.235. The van der Waals surface area contributed by atoms with Crippen LogP contribution in [0.4, 0.5) is 10.5 Å². The van der Waals surface area contributed by atoms with Crippen LogP contribution < -0.4 is 15.0 Å².